The zero-order chi connectivity index (χ0) is 20.9. The van der Waals surface area contributed by atoms with Crippen LogP contribution in [0.3, 0.4) is 0 Å². The van der Waals surface area contributed by atoms with Gasteiger partial charge in [0.2, 0.25) is 0 Å². The smallest absolute Gasteiger partial charge is 0.124 e. The fraction of sp³-hybridized carbons (Fsp3) is 0.360. The van der Waals surface area contributed by atoms with E-state index >= 15 is 0 Å². The van der Waals surface area contributed by atoms with Crippen molar-refractivity contribution in [3.63, 3.8) is 0 Å². The van der Waals surface area contributed by atoms with Gasteiger partial charge in [-0.1, -0.05) is 66.5 Å². The maximum atomic E-state index is 6.24. The molecule has 1 saturated heterocycles. The monoisotopic (exact) mass is 442 g/mol. The van der Waals surface area contributed by atoms with Crippen LogP contribution < -0.4 is 10.1 Å². The molecule has 1 N–H and O–H groups in total. The molecular weight excluding hydrogens is 415 g/mol. The maximum Gasteiger partial charge on any atom is 0.124 e. The molecule has 3 nitrogen and oxygen atoms in total. The Morgan fingerprint density at radius 2 is 1.93 bits per heavy atom. The lowest BCUT2D eigenvalue weighted by atomic mass is 10.0. The summed E-state index contributed by atoms with van der Waals surface area (Å²) in [6.45, 7) is 6.83. The molecule has 1 aliphatic heterocycles. The van der Waals surface area contributed by atoms with E-state index in [1.807, 2.05) is 18.2 Å². The van der Waals surface area contributed by atoms with E-state index in [0.29, 0.717) is 22.7 Å². The van der Waals surface area contributed by atoms with E-state index in [1.165, 1.54) is 35.7 Å². The van der Waals surface area contributed by atoms with Crippen LogP contribution in [0.25, 0.3) is 10.8 Å². The Bertz CT molecular complexity index is 1010. The molecule has 1 heterocycles. The third kappa shape index (κ3) is 4.92. The molecular formula is C25H28Cl2N2O. The van der Waals surface area contributed by atoms with E-state index in [1.54, 1.807) is 0 Å². The number of hydrogen-bond donors (Lipinski definition) is 1. The van der Waals surface area contributed by atoms with Crippen molar-refractivity contribution >= 4 is 34.0 Å². The molecule has 0 radical (unpaired) electrons. The Morgan fingerprint density at radius 3 is 2.77 bits per heavy atom. The SMILES string of the molecule is CCN1CCC[C@@H]1CNCc1c(OCc2ccc(Cl)c(Cl)c2)ccc2ccccc12. The molecule has 158 valence electrons. The molecule has 0 amide bonds. The maximum absolute atomic E-state index is 6.24. The molecule has 1 aliphatic rings. The molecule has 0 aliphatic carbocycles. The van der Waals surface area contributed by atoms with Crippen LogP contribution in [-0.4, -0.2) is 30.6 Å². The van der Waals surface area contributed by atoms with Gasteiger partial charge in [-0.05, 0) is 60.5 Å². The number of hydrogen-bond acceptors (Lipinski definition) is 3. The fourth-order valence-corrected chi connectivity index (χ4v) is 4.65. The lowest BCUT2D eigenvalue weighted by Crippen LogP contribution is -2.37. The highest BCUT2D eigenvalue weighted by Gasteiger charge is 2.22. The standard InChI is InChI=1S/C25H28Cl2N2O/c1-2-29-13-5-7-20(29)15-28-16-22-21-8-4-3-6-19(21)10-12-25(22)30-17-18-9-11-23(26)24(27)14-18/h3-4,6,8-12,14,20,28H,2,5,7,13,15-17H2,1H3/t20-/m1/s1. The van der Waals surface area contributed by atoms with Gasteiger partial charge >= 0.3 is 0 Å². The first kappa shape index (κ1) is 21.5. The van der Waals surface area contributed by atoms with Crippen LogP contribution in [-0.2, 0) is 13.2 Å². The van der Waals surface area contributed by atoms with Gasteiger partial charge in [0.15, 0.2) is 0 Å². The number of benzene rings is 3. The highest BCUT2D eigenvalue weighted by Crippen LogP contribution is 2.30. The molecule has 4 rings (SSSR count). The van der Waals surface area contributed by atoms with Crippen molar-refractivity contribution in [1.29, 1.82) is 0 Å². The summed E-state index contributed by atoms with van der Waals surface area (Å²) in [6.07, 6.45) is 2.57. The highest BCUT2D eigenvalue weighted by molar-refractivity contribution is 6.42. The third-order valence-corrected chi connectivity index (χ3v) is 6.70. The van der Waals surface area contributed by atoms with Gasteiger partial charge < -0.3 is 10.1 Å². The van der Waals surface area contributed by atoms with E-state index in [-0.39, 0.29) is 0 Å². The van der Waals surface area contributed by atoms with E-state index in [0.717, 1.165) is 30.9 Å². The molecule has 3 aromatic carbocycles. The molecule has 3 aromatic rings. The predicted octanol–water partition coefficient (Wildman–Crippen LogP) is 6.30. The minimum atomic E-state index is 0.453. The summed E-state index contributed by atoms with van der Waals surface area (Å²) in [5.41, 5.74) is 2.20. The minimum absolute atomic E-state index is 0.453. The Labute approximate surface area is 188 Å². The lowest BCUT2D eigenvalue weighted by Gasteiger charge is -2.23. The van der Waals surface area contributed by atoms with Crippen LogP contribution in [0.1, 0.15) is 30.9 Å². The van der Waals surface area contributed by atoms with Crippen LogP contribution in [0.2, 0.25) is 10.0 Å². The zero-order valence-electron chi connectivity index (χ0n) is 17.3. The number of ether oxygens (including phenoxy) is 1. The van der Waals surface area contributed by atoms with Crippen LogP contribution in [0.5, 0.6) is 5.75 Å². The van der Waals surface area contributed by atoms with Crippen LogP contribution in [0, 0.1) is 0 Å². The number of likely N-dealkylation sites (tertiary alicyclic amines) is 1. The van der Waals surface area contributed by atoms with Crippen molar-refractivity contribution < 1.29 is 4.74 Å². The molecule has 0 bridgehead atoms. The second-order valence-electron chi connectivity index (χ2n) is 7.86. The van der Waals surface area contributed by atoms with Crippen molar-refractivity contribution in [1.82, 2.24) is 10.2 Å². The van der Waals surface area contributed by atoms with Gasteiger partial charge in [0.05, 0.1) is 10.0 Å². The first-order chi connectivity index (χ1) is 14.7. The van der Waals surface area contributed by atoms with Crippen molar-refractivity contribution in [3.8, 4) is 5.75 Å². The van der Waals surface area contributed by atoms with Gasteiger partial charge in [-0.2, -0.15) is 0 Å². The summed E-state index contributed by atoms with van der Waals surface area (Å²) in [6, 6.07) is 18.9. The van der Waals surface area contributed by atoms with E-state index < -0.39 is 0 Å². The number of rotatable bonds is 8. The first-order valence-corrected chi connectivity index (χ1v) is 11.4. The van der Waals surface area contributed by atoms with Gasteiger partial charge in [-0.25, -0.2) is 0 Å². The van der Waals surface area contributed by atoms with E-state index in [4.69, 9.17) is 27.9 Å². The van der Waals surface area contributed by atoms with Crippen LogP contribution >= 0.6 is 23.2 Å². The average molecular weight is 443 g/mol. The van der Waals surface area contributed by atoms with Gasteiger partial charge in [0.25, 0.3) is 0 Å². The number of nitrogens with zero attached hydrogens (tertiary/aromatic N) is 1. The minimum Gasteiger partial charge on any atom is -0.489 e. The number of nitrogens with one attached hydrogen (secondary N) is 1. The van der Waals surface area contributed by atoms with E-state index in [9.17, 15) is 0 Å². The Hall–Kier alpha value is -1.78. The summed E-state index contributed by atoms with van der Waals surface area (Å²) in [5, 5.41) is 7.27. The Balaban J connectivity index is 1.51. The lowest BCUT2D eigenvalue weighted by molar-refractivity contribution is 0.259. The fourth-order valence-electron chi connectivity index (χ4n) is 4.33. The van der Waals surface area contributed by atoms with Gasteiger partial charge in [-0.3, -0.25) is 4.90 Å². The number of halogens is 2. The summed E-state index contributed by atoms with van der Waals surface area (Å²) in [5.74, 6) is 0.908. The van der Waals surface area contributed by atoms with Crippen molar-refractivity contribution in [2.24, 2.45) is 0 Å². The topological polar surface area (TPSA) is 24.5 Å². The van der Waals surface area contributed by atoms with Crippen molar-refractivity contribution in [2.45, 2.75) is 39.0 Å². The van der Waals surface area contributed by atoms with Crippen LogP contribution in [0.4, 0.5) is 0 Å². The summed E-state index contributed by atoms with van der Waals surface area (Å²) < 4.78 is 6.24. The molecule has 0 saturated carbocycles. The molecule has 30 heavy (non-hydrogen) atoms. The second kappa shape index (κ2) is 10.0. The predicted molar refractivity (Wildman–Crippen MR) is 127 cm³/mol. The molecule has 0 spiro atoms. The zero-order valence-corrected chi connectivity index (χ0v) is 18.8. The normalized spacial score (nSPS) is 17.0. The molecule has 1 atom stereocenters. The quantitative estimate of drug-likeness (QED) is 0.442. The van der Waals surface area contributed by atoms with Gasteiger partial charge in [-0.15, -0.1) is 0 Å². The average Bonchev–Trinajstić information content (AvgIpc) is 3.22. The summed E-state index contributed by atoms with van der Waals surface area (Å²) >= 11 is 12.2. The molecule has 0 unspecified atom stereocenters. The Kier molecular flexibility index (Phi) is 7.16. The van der Waals surface area contributed by atoms with Crippen molar-refractivity contribution in [3.05, 3.63) is 75.8 Å². The molecule has 1 fully saturated rings. The third-order valence-electron chi connectivity index (χ3n) is 5.96. The summed E-state index contributed by atoms with van der Waals surface area (Å²) in [4.78, 5) is 2.57. The van der Waals surface area contributed by atoms with Crippen molar-refractivity contribution in [2.75, 3.05) is 19.6 Å². The van der Waals surface area contributed by atoms with E-state index in [2.05, 4.69) is 53.5 Å². The molecule has 0 aromatic heterocycles. The van der Waals surface area contributed by atoms with Crippen LogP contribution in [0.15, 0.2) is 54.6 Å². The first-order valence-electron chi connectivity index (χ1n) is 10.7. The molecule has 5 heteroatoms. The second-order valence-corrected chi connectivity index (χ2v) is 8.67. The van der Waals surface area contributed by atoms with Gasteiger partial charge in [0.1, 0.15) is 12.4 Å². The highest BCUT2D eigenvalue weighted by atomic mass is 35.5. The van der Waals surface area contributed by atoms with Gasteiger partial charge in [0, 0.05) is 24.7 Å². The number of likely N-dealkylation sites (N-methyl/N-ethyl adjacent to an activating group) is 1. The number of fused-ring (bicyclic) bond motifs is 1. The summed E-state index contributed by atoms with van der Waals surface area (Å²) in [7, 11) is 0. The Morgan fingerprint density at radius 1 is 1.07 bits per heavy atom. The largest absolute Gasteiger partial charge is 0.489 e.